The number of aliphatic imine (C=N–C) groups is 1. The third-order valence-electron chi connectivity index (χ3n) is 4.50. The molecule has 0 aliphatic heterocycles. The van der Waals surface area contributed by atoms with Crippen LogP contribution in [0, 0.1) is 5.82 Å². The predicted molar refractivity (Wildman–Crippen MR) is 119 cm³/mol. The molecule has 0 aliphatic carbocycles. The van der Waals surface area contributed by atoms with Gasteiger partial charge in [0.25, 0.3) is 0 Å². The molecule has 0 amide bonds. The van der Waals surface area contributed by atoms with Crippen LogP contribution in [0.25, 0.3) is 16.8 Å². The molecule has 0 bridgehead atoms. The molecule has 0 aliphatic rings. The zero-order chi connectivity index (χ0) is 21.6. The molecule has 2 aromatic heterocycles. The second-order valence-corrected chi connectivity index (χ2v) is 6.57. The minimum Gasteiger partial charge on any atom is -0.405 e. The van der Waals surface area contributed by atoms with Gasteiger partial charge in [0.1, 0.15) is 11.5 Å². The fourth-order valence-corrected chi connectivity index (χ4v) is 3.03. The van der Waals surface area contributed by atoms with Gasteiger partial charge in [-0.1, -0.05) is 30.3 Å². The first-order valence-corrected chi connectivity index (χ1v) is 9.48. The highest BCUT2D eigenvalue weighted by Gasteiger charge is 2.13. The number of rotatable bonds is 5. The van der Waals surface area contributed by atoms with Gasteiger partial charge in [0.05, 0.1) is 11.4 Å². The second kappa shape index (κ2) is 8.96. The average Bonchev–Trinajstić information content (AvgIpc) is 2.80. The lowest BCUT2D eigenvalue weighted by atomic mass is 10.1. The smallest absolute Gasteiger partial charge is 0.209 e. The number of nitrogens with two attached hydrogens (primary N) is 1. The van der Waals surface area contributed by atoms with E-state index in [1.165, 1.54) is 35.3 Å². The Labute approximate surface area is 177 Å². The third-order valence-corrected chi connectivity index (χ3v) is 4.50. The van der Waals surface area contributed by atoms with Crippen molar-refractivity contribution in [2.75, 3.05) is 0 Å². The van der Waals surface area contributed by atoms with Gasteiger partial charge in [0.15, 0.2) is 5.69 Å². The standard InChI is InChI=1S/C24H18FN5O/c25-20-15-17(18-5-4-13-27-16-18)8-9-22(20)30-14-11-23(31)24(29-30)21(10-12-26)28-19-6-2-1-3-7-19/h1-16H,26H2. The summed E-state index contributed by atoms with van der Waals surface area (Å²) in [7, 11) is 0. The Kier molecular flexibility index (Phi) is 5.75. The van der Waals surface area contributed by atoms with Crippen LogP contribution in [0.1, 0.15) is 5.69 Å². The Morgan fingerprint density at radius 2 is 1.87 bits per heavy atom. The molecule has 0 atom stereocenters. The quantitative estimate of drug-likeness (QED) is 0.503. The van der Waals surface area contributed by atoms with Crippen molar-refractivity contribution in [1.29, 1.82) is 0 Å². The van der Waals surface area contributed by atoms with E-state index in [0.717, 1.165) is 5.56 Å². The van der Waals surface area contributed by atoms with E-state index in [4.69, 9.17) is 5.73 Å². The minimum absolute atomic E-state index is 0.0591. The number of halogens is 1. The number of aromatic nitrogens is 3. The summed E-state index contributed by atoms with van der Waals surface area (Å²) in [4.78, 5) is 21.0. The minimum atomic E-state index is -0.487. The van der Waals surface area contributed by atoms with Crippen molar-refractivity contribution in [3.05, 3.63) is 119 Å². The van der Waals surface area contributed by atoms with Gasteiger partial charge in [0.2, 0.25) is 5.43 Å². The largest absolute Gasteiger partial charge is 0.405 e. The molecule has 0 fully saturated rings. The number of hydrogen-bond acceptors (Lipinski definition) is 5. The average molecular weight is 411 g/mol. The van der Waals surface area contributed by atoms with Gasteiger partial charge in [-0.2, -0.15) is 5.10 Å². The van der Waals surface area contributed by atoms with Crippen LogP contribution in [-0.4, -0.2) is 20.5 Å². The lowest BCUT2D eigenvalue weighted by Crippen LogP contribution is -2.20. The summed E-state index contributed by atoms with van der Waals surface area (Å²) in [6.45, 7) is 0. The van der Waals surface area contributed by atoms with Gasteiger partial charge < -0.3 is 5.73 Å². The molecular formula is C24H18FN5O. The van der Waals surface area contributed by atoms with Gasteiger partial charge in [-0.25, -0.2) is 14.1 Å². The molecule has 2 heterocycles. The first-order valence-electron chi connectivity index (χ1n) is 9.48. The van der Waals surface area contributed by atoms with Crippen molar-refractivity contribution >= 4 is 11.4 Å². The van der Waals surface area contributed by atoms with Crippen LogP contribution in [-0.2, 0) is 0 Å². The number of benzene rings is 2. The molecule has 0 radical (unpaired) electrons. The summed E-state index contributed by atoms with van der Waals surface area (Å²) in [6, 6.07) is 18.9. The van der Waals surface area contributed by atoms with Crippen LogP contribution >= 0.6 is 0 Å². The zero-order valence-electron chi connectivity index (χ0n) is 16.4. The summed E-state index contributed by atoms with van der Waals surface area (Å²) in [5.74, 6) is -0.487. The van der Waals surface area contributed by atoms with Crippen molar-refractivity contribution in [2.24, 2.45) is 10.7 Å². The van der Waals surface area contributed by atoms with Crippen molar-refractivity contribution in [3.8, 4) is 16.8 Å². The maximum absolute atomic E-state index is 14.9. The van der Waals surface area contributed by atoms with Gasteiger partial charge >= 0.3 is 0 Å². The molecular weight excluding hydrogens is 393 g/mol. The predicted octanol–water partition coefficient (Wildman–Crippen LogP) is 4.03. The maximum Gasteiger partial charge on any atom is 0.209 e. The van der Waals surface area contributed by atoms with E-state index in [1.54, 1.807) is 42.7 Å². The highest BCUT2D eigenvalue weighted by Crippen LogP contribution is 2.22. The number of hydrogen-bond donors (Lipinski definition) is 1. The van der Waals surface area contributed by atoms with Crippen molar-refractivity contribution in [2.45, 2.75) is 0 Å². The molecule has 31 heavy (non-hydrogen) atoms. The first-order chi connectivity index (χ1) is 15.2. The van der Waals surface area contributed by atoms with E-state index >= 15 is 0 Å². The van der Waals surface area contributed by atoms with Crippen LogP contribution in [0.15, 0.2) is 107 Å². The van der Waals surface area contributed by atoms with Gasteiger partial charge in [-0.05, 0) is 48.2 Å². The molecule has 4 rings (SSSR count). The SMILES string of the molecule is NC=CC(=Nc1ccccc1)c1nn(-c2ccc(-c3cccnc3)cc2F)ccc1=O. The van der Waals surface area contributed by atoms with Crippen molar-refractivity contribution in [1.82, 2.24) is 14.8 Å². The fraction of sp³-hybridized carbons (Fsp3) is 0. The number of nitrogens with zero attached hydrogens (tertiary/aromatic N) is 4. The Hall–Kier alpha value is -4.39. The summed E-state index contributed by atoms with van der Waals surface area (Å²) >= 11 is 0. The van der Waals surface area contributed by atoms with Crippen LogP contribution in [0.2, 0.25) is 0 Å². The van der Waals surface area contributed by atoms with Crippen LogP contribution < -0.4 is 11.2 Å². The lowest BCUT2D eigenvalue weighted by molar-refractivity contribution is 0.608. The van der Waals surface area contributed by atoms with Gasteiger partial charge in [0, 0.05) is 30.2 Å². The van der Waals surface area contributed by atoms with Gasteiger partial charge in [-0.3, -0.25) is 9.78 Å². The molecule has 2 N–H and O–H groups in total. The Bertz CT molecular complexity index is 1310. The van der Waals surface area contributed by atoms with Crippen molar-refractivity contribution < 1.29 is 4.39 Å². The van der Waals surface area contributed by atoms with E-state index in [1.807, 2.05) is 24.3 Å². The maximum atomic E-state index is 14.9. The zero-order valence-corrected chi connectivity index (χ0v) is 16.4. The Morgan fingerprint density at radius 3 is 2.58 bits per heavy atom. The van der Waals surface area contributed by atoms with Crippen LogP contribution in [0.5, 0.6) is 0 Å². The summed E-state index contributed by atoms with van der Waals surface area (Å²) in [6.07, 6.45) is 7.51. The number of pyridine rings is 1. The normalized spacial score (nSPS) is 11.7. The molecule has 0 saturated carbocycles. The highest BCUT2D eigenvalue weighted by molar-refractivity contribution is 6.08. The Balaban J connectivity index is 1.77. The third kappa shape index (κ3) is 4.45. The fourth-order valence-electron chi connectivity index (χ4n) is 3.03. The molecule has 4 aromatic rings. The Morgan fingerprint density at radius 1 is 1.03 bits per heavy atom. The molecule has 7 heteroatoms. The van der Waals surface area contributed by atoms with Crippen LogP contribution in [0.3, 0.4) is 0 Å². The molecule has 0 spiro atoms. The topological polar surface area (TPSA) is 86.2 Å². The number of para-hydroxylation sites is 1. The van der Waals surface area contributed by atoms with Crippen LogP contribution in [0.4, 0.5) is 10.1 Å². The first kappa shape index (κ1) is 19.9. The molecule has 152 valence electrons. The van der Waals surface area contributed by atoms with E-state index in [9.17, 15) is 9.18 Å². The molecule has 0 unspecified atom stereocenters. The monoisotopic (exact) mass is 411 g/mol. The molecule has 0 saturated heterocycles. The second-order valence-electron chi connectivity index (χ2n) is 6.57. The highest BCUT2D eigenvalue weighted by atomic mass is 19.1. The summed E-state index contributed by atoms with van der Waals surface area (Å²) < 4.78 is 16.2. The van der Waals surface area contributed by atoms with E-state index in [2.05, 4.69) is 15.1 Å². The van der Waals surface area contributed by atoms with Gasteiger partial charge in [-0.15, -0.1) is 0 Å². The number of allylic oxidation sites excluding steroid dienone is 1. The van der Waals surface area contributed by atoms with E-state index < -0.39 is 5.82 Å². The lowest BCUT2D eigenvalue weighted by Gasteiger charge is -2.10. The summed E-state index contributed by atoms with van der Waals surface area (Å²) in [5.41, 5.74) is 7.86. The van der Waals surface area contributed by atoms with Crippen molar-refractivity contribution in [3.63, 3.8) is 0 Å². The molecule has 2 aromatic carbocycles. The summed E-state index contributed by atoms with van der Waals surface area (Å²) in [5, 5.41) is 4.34. The van der Waals surface area contributed by atoms with E-state index in [-0.39, 0.29) is 22.5 Å². The van der Waals surface area contributed by atoms with E-state index in [0.29, 0.717) is 11.3 Å². The molecule has 6 nitrogen and oxygen atoms in total.